The van der Waals surface area contributed by atoms with Crippen molar-refractivity contribution in [3.63, 3.8) is 0 Å². The van der Waals surface area contributed by atoms with Gasteiger partial charge in [0.1, 0.15) is 7.05 Å². The molecule has 0 unspecified atom stereocenters. The zero-order valence-corrected chi connectivity index (χ0v) is 16.4. The summed E-state index contributed by atoms with van der Waals surface area (Å²) in [6.45, 7) is 3.84. The highest BCUT2D eigenvalue weighted by atomic mass is 19.4. The fourth-order valence-electron chi connectivity index (χ4n) is 3.10. The molecule has 0 aliphatic carbocycles. The van der Waals surface area contributed by atoms with E-state index < -0.39 is 18.0 Å². The predicted molar refractivity (Wildman–Crippen MR) is 107 cm³/mol. The van der Waals surface area contributed by atoms with E-state index in [0.29, 0.717) is 0 Å². The predicted octanol–water partition coefficient (Wildman–Crippen LogP) is 6.28. The van der Waals surface area contributed by atoms with Crippen LogP contribution in [-0.4, -0.2) is 6.18 Å². The van der Waals surface area contributed by atoms with E-state index >= 15 is 0 Å². The summed E-state index contributed by atoms with van der Waals surface area (Å²) in [4.78, 5) is 0. The number of pyridine rings is 1. The third kappa shape index (κ3) is 4.11. The van der Waals surface area contributed by atoms with Gasteiger partial charge in [-0.05, 0) is 42.1 Å². The molecule has 0 bridgehead atoms. The minimum Gasteiger partial charge on any atom is -0.200 e. The Kier molecular flexibility index (Phi) is 4.63. The van der Waals surface area contributed by atoms with E-state index in [0.717, 1.165) is 36.2 Å². The second-order valence-electron chi connectivity index (χ2n) is 7.55. The first-order valence-corrected chi connectivity index (χ1v) is 9.09. The SMILES string of the molecule is [2H]C([2H])(c1ccc(-c2ccc(-c3ccccc3C)[n+](C)c2)cc1)C(C)(C)C(F)(F)F. The molecule has 4 heteroatoms. The summed E-state index contributed by atoms with van der Waals surface area (Å²) >= 11 is 0. The van der Waals surface area contributed by atoms with Crippen LogP contribution in [-0.2, 0) is 13.4 Å². The first-order chi connectivity index (χ1) is 13.9. The normalized spacial score (nSPS) is 13.8. The molecule has 1 nitrogen and oxygen atoms in total. The van der Waals surface area contributed by atoms with Crippen molar-refractivity contribution in [3.8, 4) is 22.4 Å². The van der Waals surface area contributed by atoms with Gasteiger partial charge in [-0.1, -0.05) is 56.3 Å². The molecule has 1 heterocycles. The average Bonchev–Trinajstić information content (AvgIpc) is 2.68. The molecule has 28 heavy (non-hydrogen) atoms. The molecule has 0 saturated carbocycles. The second-order valence-corrected chi connectivity index (χ2v) is 7.55. The fourth-order valence-corrected chi connectivity index (χ4v) is 3.10. The number of benzene rings is 2. The van der Waals surface area contributed by atoms with Crippen molar-refractivity contribution in [2.75, 3.05) is 0 Å². The summed E-state index contributed by atoms with van der Waals surface area (Å²) in [5, 5.41) is 0. The lowest BCUT2D eigenvalue weighted by Gasteiger charge is -2.27. The van der Waals surface area contributed by atoms with Gasteiger partial charge in [-0.15, -0.1) is 0 Å². The van der Waals surface area contributed by atoms with Crippen LogP contribution in [0.1, 0.15) is 27.7 Å². The van der Waals surface area contributed by atoms with Gasteiger partial charge in [0.05, 0.1) is 5.41 Å². The zero-order chi connectivity index (χ0) is 22.3. The molecule has 2 aromatic carbocycles. The standard InChI is InChI=1S/C24H25F3N/c1-17-7-5-6-8-21(17)22-14-13-20(16-28(22)4)19-11-9-18(10-12-19)15-23(2,3)24(25,26)27/h5-14,16H,15H2,1-4H3/q+1/i15D2. The summed E-state index contributed by atoms with van der Waals surface area (Å²) in [5.74, 6) is 0. The molecule has 0 aliphatic heterocycles. The minimum absolute atomic E-state index is 0.00878. The van der Waals surface area contributed by atoms with Gasteiger partial charge in [0, 0.05) is 19.9 Å². The molecule has 0 atom stereocenters. The Hall–Kier alpha value is -2.62. The maximum Gasteiger partial charge on any atom is 0.394 e. The Morgan fingerprint density at radius 1 is 0.893 bits per heavy atom. The highest BCUT2D eigenvalue weighted by Crippen LogP contribution is 2.40. The highest BCUT2D eigenvalue weighted by molar-refractivity contribution is 5.66. The lowest BCUT2D eigenvalue weighted by atomic mass is 9.85. The van der Waals surface area contributed by atoms with Gasteiger partial charge in [-0.2, -0.15) is 13.2 Å². The minimum atomic E-state index is -4.66. The van der Waals surface area contributed by atoms with Crippen LogP contribution in [0.3, 0.4) is 0 Å². The Morgan fingerprint density at radius 2 is 1.50 bits per heavy atom. The first kappa shape index (κ1) is 17.5. The summed E-state index contributed by atoms with van der Waals surface area (Å²) in [7, 11) is 1.95. The van der Waals surface area contributed by atoms with E-state index in [4.69, 9.17) is 2.74 Å². The largest absolute Gasteiger partial charge is 0.394 e. The van der Waals surface area contributed by atoms with Crippen molar-refractivity contribution >= 4 is 0 Å². The zero-order valence-electron chi connectivity index (χ0n) is 18.4. The molecule has 3 aromatic rings. The molecule has 0 N–H and O–H groups in total. The molecular formula is C24H25F3N+. The topological polar surface area (TPSA) is 3.88 Å². The smallest absolute Gasteiger partial charge is 0.200 e. The number of alkyl halides is 3. The Morgan fingerprint density at radius 3 is 2.07 bits per heavy atom. The van der Waals surface area contributed by atoms with Gasteiger partial charge in [0.15, 0.2) is 6.20 Å². The maximum atomic E-state index is 13.4. The molecule has 146 valence electrons. The highest BCUT2D eigenvalue weighted by Gasteiger charge is 2.46. The third-order valence-electron chi connectivity index (χ3n) is 4.94. The van der Waals surface area contributed by atoms with Crippen molar-refractivity contribution in [1.29, 1.82) is 0 Å². The van der Waals surface area contributed by atoms with E-state index in [1.165, 1.54) is 17.7 Å². The number of aromatic nitrogens is 1. The van der Waals surface area contributed by atoms with Crippen LogP contribution >= 0.6 is 0 Å². The average molecular weight is 386 g/mol. The Balaban J connectivity index is 1.94. The quantitative estimate of drug-likeness (QED) is 0.464. The van der Waals surface area contributed by atoms with Gasteiger partial charge in [-0.25, -0.2) is 4.57 Å². The number of aryl methyl sites for hydroxylation is 2. The molecular weight excluding hydrogens is 359 g/mol. The summed E-state index contributed by atoms with van der Waals surface area (Å²) in [5.41, 5.74) is 2.56. The summed E-state index contributed by atoms with van der Waals surface area (Å²) < 4.78 is 58.4. The van der Waals surface area contributed by atoms with E-state index in [1.807, 2.05) is 42.1 Å². The lowest BCUT2D eigenvalue weighted by molar-refractivity contribution is -0.659. The molecule has 3 rings (SSSR count). The number of hydrogen-bond acceptors (Lipinski definition) is 0. The van der Waals surface area contributed by atoms with E-state index in [1.54, 1.807) is 12.1 Å². The van der Waals surface area contributed by atoms with Crippen molar-refractivity contribution in [2.24, 2.45) is 12.5 Å². The molecule has 0 radical (unpaired) electrons. The molecule has 0 fully saturated rings. The van der Waals surface area contributed by atoms with Gasteiger partial charge < -0.3 is 0 Å². The van der Waals surface area contributed by atoms with Crippen LogP contribution in [0.5, 0.6) is 0 Å². The van der Waals surface area contributed by atoms with Crippen LogP contribution in [0.2, 0.25) is 0 Å². The number of halogens is 3. The van der Waals surface area contributed by atoms with Crippen LogP contribution < -0.4 is 4.57 Å². The van der Waals surface area contributed by atoms with Crippen molar-refractivity contribution in [1.82, 2.24) is 0 Å². The molecule has 1 aromatic heterocycles. The molecule has 0 spiro atoms. The maximum absolute atomic E-state index is 13.4. The lowest BCUT2D eigenvalue weighted by Crippen LogP contribution is -2.34. The monoisotopic (exact) mass is 386 g/mol. The van der Waals surface area contributed by atoms with Gasteiger partial charge in [0.25, 0.3) is 0 Å². The molecule has 0 amide bonds. The van der Waals surface area contributed by atoms with Crippen LogP contribution in [0, 0.1) is 12.3 Å². The summed E-state index contributed by atoms with van der Waals surface area (Å²) in [6.07, 6.45) is -5.25. The van der Waals surface area contributed by atoms with Gasteiger partial charge in [0.2, 0.25) is 5.69 Å². The Bertz CT molecular complexity index is 1050. The van der Waals surface area contributed by atoms with E-state index in [9.17, 15) is 13.2 Å². The number of rotatable bonds is 4. The first-order valence-electron chi connectivity index (χ1n) is 10.1. The van der Waals surface area contributed by atoms with Crippen LogP contribution in [0.25, 0.3) is 22.4 Å². The van der Waals surface area contributed by atoms with Crippen molar-refractivity contribution in [2.45, 2.75) is 33.3 Å². The number of hydrogen-bond donors (Lipinski definition) is 0. The van der Waals surface area contributed by atoms with E-state index in [2.05, 4.69) is 19.1 Å². The Labute approximate surface area is 167 Å². The van der Waals surface area contributed by atoms with Crippen molar-refractivity contribution in [3.05, 3.63) is 78.0 Å². The fraction of sp³-hybridized carbons (Fsp3) is 0.292. The van der Waals surface area contributed by atoms with Crippen LogP contribution in [0.4, 0.5) is 13.2 Å². The van der Waals surface area contributed by atoms with Gasteiger partial charge in [-0.3, -0.25) is 0 Å². The number of nitrogens with zero attached hydrogens (tertiary/aromatic N) is 1. The third-order valence-corrected chi connectivity index (χ3v) is 4.94. The van der Waals surface area contributed by atoms with Crippen LogP contribution in [0.15, 0.2) is 66.9 Å². The molecule has 0 aliphatic rings. The van der Waals surface area contributed by atoms with Crippen molar-refractivity contribution < 1.29 is 20.5 Å². The summed E-state index contributed by atoms with van der Waals surface area (Å²) in [6, 6.07) is 18.3. The second kappa shape index (κ2) is 7.42. The van der Waals surface area contributed by atoms with Gasteiger partial charge >= 0.3 is 6.18 Å². The van der Waals surface area contributed by atoms with E-state index in [-0.39, 0.29) is 5.56 Å². The molecule has 0 saturated heterocycles.